The lowest BCUT2D eigenvalue weighted by Crippen LogP contribution is -2.54. The lowest BCUT2D eigenvalue weighted by atomic mass is 10.0. The maximum absolute atomic E-state index is 13.5. The minimum atomic E-state index is -0.582. The number of hydrogen-bond donors (Lipinski definition) is 2. The molecule has 1 aliphatic carbocycles. The molecule has 2 amide bonds. The molecule has 0 spiro atoms. The van der Waals surface area contributed by atoms with Crippen LogP contribution in [0.5, 0.6) is 5.75 Å². The highest BCUT2D eigenvalue weighted by atomic mass is 19.1. The van der Waals surface area contributed by atoms with Crippen LogP contribution in [0.1, 0.15) is 41.1 Å². The number of ether oxygens (including phenoxy) is 1. The Hall–Kier alpha value is -3.49. The topological polar surface area (TPSA) is 73.9 Å². The number of methoxy groups -OCH3 is 1. The largest absolute Gasteiger partial charge is 0.497 e. The fraction of sp³-hybridized carbons (Fsp3) is 0.419. The van der Waals surface area contributed by atoms with Crippen molar-refractivity contribution in [3.8, 4) is 5.75 Å². The van der Waals surface area contributed by atoms with Crippen molar-refractivity contribution in [3.63, 3.8) is 0 Å². The van der Waals surface area contributed by atoms with Gasteiger partial charge in [0.15, 0.2) is 0 Å². The average molecular weight is 533 g/mol. The molecule has 206 valence electrons. The number of nitrogens with zero attached hydrogens (tertiary/aromatic N) is 2. The van der Waals surface area contributed by atoms with Crippen LogP contribution in [0.15, 0.2) is 60.7 Å². The Bertz CT molecular complexity index is 1310. The van der Waals surface area contributed by atoms with Crippen LogP contribution in [0.25, 0.3) is 10.8 Å². The van der Waals surface area contributed by atoms with Gasteiger partial charge in [0.05, 0.1) is 7.11 Å². The van der Waals surface area contributed by atoms with Gasteiger partial charge in [0, 0.05) is 43.7 Å². The number of carbonyl (C=O) groups excluding carboxylic acids is 2. The van der Waals surface area contributed by atoms with Crippen molar-refractivity contribution in [1.82, 2.24) is 20.4 Å². The molecule has 0 radical (unpaired) electrons. The highest BCUT2D eigenvalue weighted by Crippen LogP contribution is 2.40. The van der Waals surface area contributed by atoms with Gasteiger partial charge in [-0.3, -0.25) is 9.59 Å². The lowest BCUT2D eigenvalue weighted by molar-refractivity contribution is -0.135. The van der Waals surface area contributed by atoms with Gasteiger partial charge in [-0.1, -0.05) is 24.3 Å². The van der Waals surface area contributed by atoms with Crippen LogP contribution in [-0.4, -0.2) is 80.6 Å². The fourth-order valence-electron chi connectivity index (χ4n) is 5.33. The highest BCUT2D eigenvalue weighted by molar-refractivity contribution is 6.00. The Balaban J connectivity index is 1.20. The van der Waals surface area contributed by atoms with Gasteiger partial charge in [-0.15, -0.1) is 0 Å². The number of nitrogens with one attached hydrogen (secondary N) is 2. The molecule has 0 unspecified atom stereocenters. The van der Waals surface area contributed by atoms with E-state index in [1.54, 1.807) is 13.2 Å². The van der Waals surface area contributed by atoms with E-state index in [0.29, 0.717) is 37.0 Å². The molecule has 3 atom stereocenters. The standard InChI is InChI=1S/C31H37FN4O3/c1-35-14-16-36(17-15-35)31(38)28(4-3-13-33-29-20-27(29)21-7-10-25(32)11-8-21)34-30(37)24-6-5-23-19-26(39-2)12-9-22(23)18-24/h5-12,18-19,27-29,33H,3-4,13-17,20H2,1-2H3,(H,34,37)/t27-,28-,29+/m0/s1. The molecular weight excluding hydrogens is 495 g/mol. The Morgan fingerprint density at radius 1 is 1.00 bits per heavy atom. The summed E-state index contributed by atoms with van der Waals surface area (Å²) in [5, 5.41) is 8.53. The van der Waals surface area contributed by atoms with E-state index >= 15 is 0 Å². The molecule has 5 rings (SSSR count). The quantitative estimate of drug-likeness (QED) is 0.389. The van der Waals surface area contributed by atoms with E-state index in [-0.39, 0.29) is 17.6 Å². The summed E-state index contributed by atoms with van der Waals surface area (Å²) in [6.07, 6.45) is 2.34. The second-order valence-corrected chi connectivity index (χ2v) is 10.7. The number of hydrogen-bond acceptors (Lipinski definition) is 5. The number of fused-ring (bicyclic) bond motifs is 1. The minimum absolute atomic E-state index is 0.0161. The van der Waals surface area contributed by atoms with E-state index in [0.717, 1.165) is 54.6 Å². The number of benzene rings is 3. The second kappa shape index (κ2) is 12.1. The zero-order valence-electron chi connectivity index (χ0n) is 22.7. The smallest absolute Gasteiger partial charge is 0.251 e. The van der Waals surface area contributed by atoms with E-state index in [4.69, 9.17) is 4.74 Å². The molecule has 39 heavy (non-hydrogen) atoms. The van der Waals surface area contributed by atoms with Crippen molar-refractivity contribution >= 4 is 22.6 Å². The number of amides is 2. The van der Waals surface area contributed by atoms with E-state index in [1.807, 2.05) is 47.4 Å². The van der Waals surface area contributed by atoms with Gasteiger partial charge in [0.2, 0.25) is 5.91 Å². The first-order valence-corrected chi connectivity index (χ1v) is 13.8. The molecule has 7 nitrogen and oxygen atoms in total. The predicted octanol–water partition coefficient (Wildman–Crippen LogP) is 3.79. The van der Waals surface area contributed by atoms with Crippen LogP contribution >= 0.6 is 0 Å². The molecule has 3 aromatic rings. The van der Waals surface area contributed by atoms with Gasteiger partial charge in [0.25, 0.3) is 5.91 Å². The maximum atomic E-state index is 13.5. The first-order chi connectivity index (χ1) is 18.9. The van der Waals surface area contributed by atoms with Crippen LogP contribution in [0.4, 0.5) is 4.39 Å². The van der Waals surface area contributed by atoms with E-state index in [1.165, 1.54) is 12.1 Å². The van der Waals surface area contributed by atoms with E-state index in [9.17, 15) is 14.0 Å². The summed E-state index contributed by atoms with van der Waals surface area (Å²) in [7, 11) is 3.68. The van der Waals surface area contributed by atoms with Crippen molar-refractivity contribution in [2.24, 2.45) is 0 Å². The predicted molar refractivity (Wildman–Crippen MR) is 151 cm³/mol. The van der Waals surface area contributed by atoms with Crippen molar-refractivity contribution in [2.75, 3.05) is 46.9 Å². The molecule has 8 heteroatoms. The van der Waals surface area contributed by atoms with Crippen molar-refractivity contribution in [3.05, 3.63) is 77.6 Å². The molecule has 2 N–H and O–H groups in total. The Morgan fingerprint density at radius 3 is 2.46 bits per heavy atom. The summed E-state index contributed by atoms with van der Waals surface area (Å²) in [4.78, 5) is 30.8. The van der Waals surface area contributed by atoms with Gasteiger partial charge in [-0.2, -0.15) is 0 Å². The summed E-state index contributed by atoms with van der Waals surface area (Å²) in [5.41, 5.74) is 1.68. The summed E-state index contributed by atoms with van der Waals surface area (Å²) in [6.45, 7) is 3.74. The number of likely N-dealkylation sites (N-methyl/N-ethyl adjacent to an activating group) is 1. The number of rotatable bonds is 10. The second-order valence-electron chi connectivity index (χ2n) is 10.7. The highest BCUT2D eigenvalue weighted by Gasteiger charge is 2.37. The van der Waals surface area contributed by atoms with Crippen LogP contribution in [0, 0.1) is 5.82 Å². The SMILES string of the molecule is COc1ccc2cc(C(=O)N[C@@H](CCCN[C@@H]3C[C@H]3c3ccc(F)cc3)C(=O)N3CCN(C)CC3)ccc2c1. The van der Waals surface area contributed by atoms with Crippen LogP contribution in [-0.2, 0) is 4.79 Å². The van der Waals surface area contributed by atoms with Gasteiger partial charge < -0.3 is 25.2 Å². The molecule has 0 bridgehead atoms. The minimum Gasteiger partial charge on any atom is -0.497 e. The molecule has 3 aromatic carbocycles. The van der Waals surface area contributed by atoms with Crippen LogP contribution in [0.2, 0.25) is 0 Å². The van der Waals surface area contributed by atoms with Crippen molar-refractivity contribution in [1.29, 1.82) is 0 Å². The first-order valence-electron chi connectivity index (χ1n) is 13.8. The molecule has 2 fully saturated rings. The van der Waals surface area contributed by atoms with Gasteiger partial charge in [-0.25, -0.2) is 4.39 Å². The van der Waals surface area contributed by atoms with Crippen LogP contribution in [0.3, 0.4) is 0 Å². The summed E-state index contributed by atoms with van der Waals surface area (Å²) in [6, 6.07) is 17.8. The van der Waals surface area contributed by atoms with Gasteiger partial charge in [0.1, 0.15) is 17.6 Å². The Kier molecular flexibility index (Phi) is 8.43. The third kappa shape index (κ3) is 6.75. The Labute approximate surface area is 229 Å². The molecule has 1 saturated carbocycles. The van der Waals surface area contributed by atoms with E-state index < -0.39 is 6.04 Å². The first kappa shape index (κ1) is 27.1. The monoisotopic (exact) mass is 532 g/mol. The third-order valence-corrected chi connectivity index (χ3v) is 7.89. The van der Waals surface area contributed by atoms with Crippen molar-refractivity contribution in [2.45, 2.75) is 37.3 Å². The summed E-state index contributed by atoms with van der Waals surface area (Å²) in [5.74, 6) is 0.692. The third-order valence-electron chi connectivity index (χ3n) is 7.89. The average Bonchev–Trinajstić information content (AvgIpc) is 3.74. The zero-order chi connectivity index (χ0) is 27.4. The number of halogens is 1. The van der Waals surface area contributed by atoms with E-state index in [2.05, 4.69) is 22.6 Å². The molecule has 1 heterocycles. The molecule has 1 aliphatic heterocycles. The number of carbonyl (C=O) groups is 2. The fourth-order valence-corrected chi connectivity index (χ4v) is 5.33. The van der Waals surface area contributed by atoms with Gasteiger partial charge in [-0.05, 0) is 85.6 Å². The summed E-state index contributed by atoms with van der Waals surface area (Å²) < 4.78 is 18.5. The summed E-state index contributed by atoms with van der Waals surface area (Å²) >= 11 is 0. The van der Waals surface area contributed by atoms with Crippen molar-refractivity contribution < 1.29 is 18.7 Å². The van der Waals surface area contributed by atoms with Gasteiger partial charge >= 0.3 is 0 Å². The van der Waals surface area contributed by atoms with Crippen LogP contribution < -0.4 is 15.4 Å². The normalized spacial score (nSPS) is 20.0. The molecular formula is C31H37FN4O3. The Morgan fingerprint density at radius 2 is 1.72 bits per heavy atom. The molecule has 1 saturated heterocycles. The lowest BCUT2D eigenvalue weighted by Gasteiger charge is -2.34. The molecule has 2 aliphatic rings. The number of piperazine rings is 1. The zero-order valence-corrected chi connectivity index (χ0v) is 22.7. The molecule has 0 aromatic heterocycles. The maximum Gasteiger partial charge on any atom is 0.251 e.